The number of nitrogens with one attached hydrogen (secondary N) is 1. The zero-order chi connectivity index (χ0) is 20.1. The Morgan fingerprint density at radius 1 is 1.29 bits per heavy atom. The van der Waals surface area contributed by atoms with Gasteiger partial charge in [0.15, 0.2) is 0 Å². The molecule has 0 unspecified atom stereocenters. The Bertz CT molecular complexity index is 813. The van der Waals surface area contributed by atoms with E-state index in [4.69, 9.17) is 11.6 Å². The van der Waals surface area contributed by atoms with E-state index < -0.39 is 0 Å². The number of nitrogens with zero attached hydrogens (tertiary/aromatic N) is 3. The van der Waals surface area contributed by atoms with Crippen LogP contribution in [0.2, 0.25) is 5.02 Å². The molecule has 0 radical (unpaired) electrons. The SMILES string of the molecule is C[C@@H](CO)Cc1ncc2c(n1)CN(C(=O)N[C@H](C)Cc1ccc(Cl)cc1)CC2. The van der Waals surface area contributed by atoms with Crippen LogP contribution in [0, 0.1) is 5.92 Å². The number of urea groups is 1. The van der Waals surface area contributed by atoms with Crippen LogP contribution in [0.4, 0.5) is 4.79 Å². The first-order chi connectivity index (χ1) is 13.4. The van der Waals surface area contributed by atoms with Crippen molar-refractivity contribution in [2.75, 3.05) is 13.2 Å². The van der Waals surface area contributed by atoms with Crippen molar-refractivity contribution in [1.29, 1.82) is 0 Å². The second-order valence-corrected chi connectivity index (χ2v) is 8.04. The number of fused-ring (bicyclic) bond motifs is 1. The lowest BCUT2D eigenvalue weighted by atomic mass is 10.1. The van der Waals surface area contributed by atoms with E-state index in [2.05, 4.69) is 15.3 Å². The van der Waals surface area contributed by atoms with Gasteiger partial charge in [-0.15, -0.1) is 0 Å². The van der Waals surface area contributed by atoms with Crippen LogP contribution in [0.15, 0.2) is 30.5 Å². The second-order valence-electron chi connectivity index (χ2n) is 7.60. The average Bonchev–Trinajstić information content (AvgIpc) is 2.69. The van der Waals surface area contributed by atoms with Gasteiger partial charge in [0.05, 0.1) is 12.2 Å². The molecule has 0 fully saturated rings. The van der Waals surface area contributed by atoms with E-state index in [0.717, 1.165) is 35.5 Å². The van der Waals surface area contributed by atoms with Crippen molar-refractivity contribution >= 4 is 17.6 Å². The molecule has 1 aromatic carbocycles. The summed E-state index contributed by atoms with van der Waals surface area (Å²) in [4.78, 5) is 23.5. The minimum absolute atomic E-state index is 0.0152. The van der Waals surface area contributed by atoms with Crippen molar-refractivity contribution in [1.82, 2.24) is 20.2 Å². The Hall–Kier alpha value is -2.18. The maximum atomic E-state index is 12.7. The highest BCUT2D eigenvalue weighted by Crippen LogP contribution is 2.18. The normalized spacial score (nSPS) is 15.6. The lowest BCUT2D eigenvalue weighted by Gasteiger charge is -2.29. The number of amides is 2. The standard InChI is InChI=1S/C21H27ClN4O2/c1-14(13-27)9-20-23-11-17-7-8-26(12-19(17)25-20)21(28)24-15(2)10-16-3-5-18(22)6-4-16/h3-6,11,14-15,27H,7-10,12-13H2,1-2H3,(H,24,28)/t14-,15-/m1/s1. The molecule has 0 saturated carbocycles. The zero-order valence-electron chi connectivity index (χ0n) is 16.4. The lowest BCUT2D eigenvalue weighted by Crippen LogP contribution is -2.46. The molecule has 0 bridgehead atoms. The van der Waals surface area contributed by atoms with E-state index >= 15 is 0 Å². The number of halogens is 1. The highest BCUT2D eigenvalue weighted by Gasteiger charge is 2.23. The number of rotatable bonds is 6. The summed E-state index contributed by atoms with van der Waals surface area (Å²) in [7, 11) is 0. The first-order valence-electron chi connectivity index (χ1n) is 9.69. The molecule has 0 saturated heterocycles. The van der Waals surface area contributed by atoms with Gasteiger partial charge in [-0.1, -0.05) is 30.7 Å². The molecular formula is C21H27ClN4O2. The number of benzene rings is 1. The zero-order valence-corrected chi connectivity index (χ0v) is 17.1. The second kappa shape index (κ2) is 9.34. The fraction of sp³-hybridized carbons (Fsp3) is 0.476. The molecule has 1 aliphatic heterocycles. The third-order valence-electron chi connectivity index (χ3n) is 4.95. The summed E-state index contributed by atoms with van der Waals surface area (Å²) in [6.07, 6.45) is 4.00. The Kier molecular flexibility index (Phi) is 6.86. The highest BCUT2D eigenvalue weighted by molar-refractivity contribution is 6.30. The monoisotopic (exact) mass is 402 g/mol. The molecule has 6 nitrogen and oxygen atoms in total. The topological polar surface area (TPSA) is 78.4 Å². The smallest absolute Gasteiger partial charge is 0.317 e. The summed E-state index contributed by atoms with van der Waals surface area (Å²) in [5.74, 6) is 0.841. The van der Waals surface area contributed by atoms with E-state index in [1.165, 1.54) is 0 Å². The summed E-state index contributed by atoms with van der Waals surface area (Å²) in [6, 6.07) is 7.63. The molecule has 0 spiro atoms. The van der Waals surface area contributed by atoms with Crippen LogP contribution in [0.1, 0.15) is 36.5 Å². The van der Waals surface area contributed by atoms with E-state index in [0.29, 0.717) is 24.5 Å². The van der Waals surface area contributed by atoms with Gasteiger partial charge in [-0.25, -0.2) is 14.8 Å². The number of carbonyl (C=O) groups excluding carboxylic acids is 1. The third-order valence-corrected chi connectivity index (χ3v) is 5.20. The highest BCUT2D eigenvalue weighted by atomic mass is 35.5. The molecule has 1 aromatic heterocycles. The Morgan fingerprint density at radius 2 is 2.04 bits per heavy atom. The third kappa shape index (κ3) is 5.42. The summed E-state index contributed by atoms with van der Waals surface area (Å²) in [5.41, 5.74) is 3.14. The number of aromatic nitrogens is 2. The molecule has 2 heterocycles. The van der Waals surface area contributed by atoms with E-state index in [1.807, 2.05) is 44.3 Å². The molecule has 3 rings (SSSR count). The van der Waals surface area contributed by atoms with Gasteiger partial charge < -0.3 is 15.3 Å². The molecule has 150 valence electrons. The van der Waals surface area contributed by atoms with Gasteiger partial charge in [0.25, 0.3) is 0 Å². The fourth-order valence-corrected chi connectivity index (χ4v) is 3.45. The summed E-state index contributed by atoms with van der Waals surface area (Å²) < 4.78 is 0. The average molecular weight is 403 g/mol. The van der Waals surface area contributed by atoms with Crippen LogP contribution in [0.3, 0.4) is 0 Å². The molecule has 0 aliphatic carbocycles. The lowest BCUT2D eigenvalue weighted by molar-refractivity contribution is 0.187. The Morgan fingerprint density at radius 3 is 2.75 bits per heavy atom. The van der Waals surface area contributed by atoms with Gasteiger partial charge in [-0.05, 0) is 48.9 Å². The van der Waals surface area contributed by atoms with Gasteiger partial charge >= 0.3 is 6.03 Å². The van der Waals surface area contributed by atoms with Gasteiger partial charge in [-0.2, -0.15) is 0 Å². The quantitative estimate of drug-likeness (QED) is 0.778. The molecule has 7 heteroatoms. The van der Waals surface area contributed by atoms with Crippen LogP contribution in [-0.2, 0) is 25.8 Å². The van der Waals surface area contributed by atoms with Gasteiger partial charge in [0.2, 0.25) is 0 Å². The van der Waals surface area contributed by atoms with Crippen LogP contribution < -0.4 is 5.32 Å². The molecular weight excluding hydrogens is 376 g/mol. The fourth-order valence-electron chi connectivity index (χ4n) is 3.32. The number of carbonyl (C=O) groups is 1. The van der Waals surface area contributed by atoms with Crippen LogP contribution in [0.5, 0.6) is 0 Å². The van der Waals surface area contributed by atoms with Gasteiger partial charge in [-0.3, -0.25) is 0 Å². The van der Waals surface area contributed by atoms with Crippen molar-refractivity contribution in [2.45, 2.75) is 45.7 Å². The van der Waals surface area contributed by atoms with Gasteiger partial charge in [0.1, 0.15) is 5.82 Å². The first-order valence-corrected chi connectivity index (χ1v) is 10.1. The first kappa shape index (κ1) is 20.6. The molecule has 2 atom stereocenters. The molecule has 1 aliphatic rings. The summed E-state index contributed by atoms with van der Waals surface area (Å²) in [6.45, 7) is 5.21. The maximum Gasteiger partial charge on any atom is 0.317 e. The number of hydrogen-bond donors (Lipinski definition) is 2. The van der Waals surface area contributed by atoms with Crippen molar-refractivity contribution in [3.63, 3.8) is 0 Å². The Labute approximate surface area is 171 Å². The molecule has 28 heavy (non-hydrogen) atoms. The minimum atomic E-state index is -0.0731. The van der Waals surface area contributed by atoms with Crippen molar-refractivity contribution < 1.29 is 9.90 Å². The van der Waals surface area contributed by atoms with Crippen molar-refractivity contribution in [3.8, 4) is 0 Å². The van der Waals surface area contributed by atoms with Crippen molar-refractivity contribution in [2.24, 2.45) is 5.92 Å². The maximum absolute atomic E-state index is 12.7. The largest absolute Gasteiger partial charge is 0.396 e. The summed E-state index contributed by atoms with van der Waals surface area (Å²) >= 11 is 5.92. The van der Waals surface area contributed by atoms with E-state index in [1.54, 1.807) is 4.90 Å². The molecule has 2 amide bonds. The van der Waals surface area contributed by atoms with E-state index in [-0.39, 0.29) is 24.6 Å². The predicted octanol–water partition coefficient (Wildman–Crippen LogP) is 3.00. The van der Waals surface area contributed by atoms with Crippen LogP contribution in [0.25, 0.3) is 0 Å². The van der Waals surface area contributed by atoms with E-state index in [9.17, 15) is 9.90 Å². The van der Waals surface area contributed by atoms with Crippen molar-refractivity contribution in [3.05, 3.63) is 58.1 Å². The predicted molar refractivity (Wildman–Crippen MR) is 109 cm³/mol. The Balaban J connectivity index is 1.58. The van der Waals surface area contributed by atoms with Crippen LogP contribution >= 0.6 is 11.6 Å². The van der Waals surface area contributed by atoms with Crippen LogP contribution in [-0.4, -0.2) is 45.2 Å². The summed E-state index contributed by atoms with van der Waals surface area (Å²) in [5, 5.41) is 13.0. The minimum Gasteiger partial charge on any atom is -0.396 e. The number of aliphatic hydroxyl groups excluding tert-OH is 1. The number of aliphatic hydroxyl groups is 1. The molecule has 2 N–H and O–H groups in total. The number of hydrogen-bond acceptors (Lipinski definition) is 4. The molecule has 2 aromatic rings. The van der Waals surface area contributed by atoms with Gasteiger partial charge in [0, 0.05) is 36.8 Å².